The number of aryl methyl sites for hydroxylation is 1. The molecule has 0 bridgehead atoms. The first-order valence-electron chi connectivity index (χ1n) is 7.60. The molecule has 0 unspecified atom stereocenters. The highest BCUT2D eigenvalue weighted by Gasteiger charge is 2.23. The number of aromatic nitrogens is 2. The second kappa shape index (κ2) is 6.10. The number of hydrogen-bond acceptors (Lipinski definition) is 4. The van der Waals surface area contributed by atoms with E-state index in [2.05, 4.69) is 52.5 Å². The molecular weight excluding hydrogens is 280 g/mol. The van der Waals surface area contributed by atoms with Crippen LogP contribution in [0.25, 0.3) is 10.2 Å². The number of anilines is 1. The summed E-state index contributed by atoms with van der Waals surface area (Å²) in [5.74, 6) is 1.74. The Morgan fingerprint density at radius 1 is 1.24 bits per heavy atom. The van der Waals surface area contributed by atoms with Crippen LogP contribution in [0.4, 0.5) is 5.82 Å². The molecule has 1 aliphatic rings. The second-order valence-electron chi connectivity index (χ2n) is 6.19. The highest BCUT2D eigenvalue weighted by molar-refractivity contribution is 7.17. The fourth-order valence-corrected chi connectivity index (χ4v) is 4.04. The molecule has 21 heavy (non-hydrogen) atoms. The SMILES string of the molecule is Cc1csc2ncnc(NC3CCC(C=[N+](C)C)CC3)c12. The molecule has 0 amide bonds. The Bertz CT molecular complexity index is 649. The number of nitrogens with one attached hydrogen (secondary N) is 1. The van der Waals surface area contributed by atoms with E-state index in [4.69, 9.17) is 0 Å². The molecular formula is C16H23N4S+. The molecule has 5 heteroatoms. The number of hydrogen-bond donors (Lipinski definition) is 1. The summed E-state index contributed by atoms with van der Waals surface area (Å²) in [6.45, 7) is 2.14. The van der Waals surface area contributed by atoms with E-state index in [0.29, 0.717) is 6.04 Å². The zero-order chi connectivity index (χ0) is 14.8. The summed E-state index contributed by atoms with van der Waals surface area (Å²) in [5.41, 5.74) is 1.27. The summed E-state index contributed by atoms with van der Waals surface area (Å²) >= 11 is 1.70. The maximum Gasteiger partial charge on any atom is 0.142 e. The molecule has 2 aromatic heterocycles. The number of rotatable bonds is 3. The van der Waals surface area contributed by atoms with Crippen molar-refractivity contribution in [3.05, 3.63) is 17.3 Å². The van der Waals surface area contributed by atoms with Gasteiger partial charge in [-0.1, -0.05) is 0 Å². The fourth-order valence-electron chi connectivity index (χ4n) is 3.15. The summed E-state index contributed by atoms with van der Waals surface area (Å²) in [5, 5.41) is 7.01. The van der Waals surface area contributed by atoms with Crippen molar-refractivity contribution in [2.24, 2.45) is 5.92 Å². The van der Waals surface area contributed by atoms with Gasteiger partial charge in [0.1, 0.15) is 37.3 Å². The maximum atomic E-state index is 4.47. The zero-order valence-electron chi connectivity index (χ0n) is 13.0. The quantitative estimate of drug-likeness (QED) is 0.698. The zero-order valence-corrected chi connectivity index (χ0v) is 13.8. The molecule has 1 fully saturated rings. The third-order valence-electron chi connectivity index (χ3n) is 4.18. The van der Waals surface area contributed by atoms with Crippen molar-refractivity contribution in [3.8, 4) is 0 Å². The van der Waals surface area contributed by atoms with Gasteiger partial charge in [-0.25, -0.2) is 14.5 Å². The highest BCUT2D eigenvalue weighted by Crippen LogP contribution is 2.31. The molecule has 0 radical (unpaired) electrons. The van der Waals surface area contributed by atoms with Crippen molar-refractivity contribution < 1.29 is 4.58 Å². The summed E-state index contributed by atoms with van der Waals surface area (Å²) < 4.78 is 2.18. The molecule has 0 aliphatic heterocycles. The fraction of sp³-hybridized carbons (Fsp3) is 0.562. The van der Waals surface area contributed by atoms with Gasteiger partial charge in [-0.2, -0.15) is 0 Å². The first-order valence-corrected chi connectivity index (χ1v) is 8.48. The van der Waals surface area contributed by atoms with Crippen LogP contribution in [0.3, 0.4) is 0 Å². The molecule has 3 rings (SSSR count). The summed E-state index contributed by atoms with van der Waals surface area (Å²) in [6.07, 6.45) is 8.96. The Balaban J connectivity index is 1.70. The maximum absolute atomic E-state index is 4.47. The molecule has 0 saturated heterocycles. The molecule has 4 nitrogen and oxygen atoms in total. The topological polar surface area (TPSA) is 40.8 Å². The van der Waals surface area contributed by atoms with Gasteiger partial charge < -0.3 is 5.32 Å². The first-order chi connectivity index (χ1) is 10.1. The molecule has 0 aromatic carbocycles. The average molecular weight is 303 g/mol. The Morgan fingerprint density at radius 2 is 2.00 bits per heavy atom. The molecule has 112 valence electrons. The normalized spacial score (nSPS) is 22.2. The van der Waals surface area contributed by atoms with Crippen molar-refractivity contribution >= 4 is 33.6 Å². The second-order valence-corrected chi connectivity index (χ2v) is 7.05. The van der Waals surface area contributed by atoms with Gasteiger partial charge in [0, 0.05) is 12.0 Å². The lowest BCUT2D eigenvalue weighted by Gasteiger charge is -2.26. The minimum atomic E-state index is 0.536. The lowest BCUT2D eigenvalue weighted by Crippen LogP contribution is -2.28. The van der Waals surface area contributed by atoms with Crippen LogP contribution in [0.15, 0.2) is 11.7 Å². The number of fused-ring (bicyclic) bond motifs is 1. The Labute approximate surface area is 129 Å². The lowest BCUT2D eigenvalue weighted by molar-refractivity contribution is -0.462. The van der Waals surface area contributed by atoms with Crippen LogP contribution >= 0.6 is 11.3 Å². The third-order valence-corrected chi connectivity index (χ3v) is 5.18. The lowest BCUT2D eigenvalue weighted by atomic mass is 9.86. The summed E-state index contributed by atoms with van der Waals surface area (Å²) in [7, 11) is 4.22. The third kappa shape index (κ3) is 3.23. The van der Waals surface area contributed by atoms with Crippen molar-refractivity contribution in [2.75, 3.05) is 19.4 Å². The number of nitrogens with zero attached hydrogens (tertiary/aromatic N) is 3. The van der Waals surface area contributed by atoms with Gasteiger partial charge in [0.25, 0.3) is 0 Å². The van der Waals surface area contributed by atoms with Crippen LogP contribution in [-0.4, -0.2) is 40.9 Å². The standard InChI is InChI=1S/C16H23N4S/c1-11-9-21-16-14(11)15(17-10-18-16)19-13-6-4-12(5-7-13)8-20(2)3/h8-10,12-13H,4-7H2,1-3H3,(H,17,18,19)/q+1. The monoisotopic (exact) mass is 303 g/mol. The van der Waals surface area contributed by atoms with Crippen LogP contribution in [0.1, 0.15) is 31.2 Å². The van der Waals surface area contributed by atoms with E-state index in [0.717, 1.165) is 16.6 Å². The predicted octanol–water partition coefficient (Wildman–Crippen LogP) is 3.31. The average Bonchev–Trinajstić information content (AvgIpc) is 2.83. The molecule has 1 saturated carbocycles. The van der Waals surface area contributed by atoms with Crippen LogP contribution in [0, 0.1) is 12.8 Å². The van der Waals surface area contributed by atoms with E-state index in [1.807, 2.05) is 0 Å². The van der Waals surface area contributed by atoms with Crippen LogP contribution < -0.4 is 5.32 Å². The van der Waals surface area contributed by atoms with Gasteiger partial charge in [-0.05, 0) is 43.6 Å². The van der Waals surface area contributed by atoms with Gasteiger partial charge >= 0.3 is 0 Å². The van der Waals surface area contributed by atoms with Crippen molar-refractivity contribution in [1.82, 2.24) is 9.97 Å². The summed E-state index contributed by atoms with van der Waals surface area (Å²) in [6, 6.07) is 0.536. The first kappa shape index (κ1) is 14.4. The molecule has 2 aromatic rings. The molecule has 2 heterocycles. The van der Waals surface area contributed by atoms with Crippen molar-refractivity contribution in [2.45, 2.75) is 38.6 Å². The van der Waals surface area contributed by atoms with E-state index in [-0.39, 0.29) is 0 Å². The van der Waals surface area contributed by atoms with E-state index in [9.17, 15) is 0 Å². The van der Waals surface area contributed by atoms with Crippen LogP contribution in [-0.2, 0) is 0 Å². The Hall–Kier alpha value is -1.49. The Morgan fingerprint density at radius 3 is 2.71 bits per heavy atom. The molecule has 1 N–H and O–H groups in total. The summed E-state index contributed by atoms with van der Waals surface area (Å²) in [4.78, 5) is 9.91. The Kier molecular flexibility index (Phi) is 4.19. The minimum Gasteiger partial charge on any atom is -0.367 e. The van der Waals surface area contributed by atoms with Gasteiger partial charge in [0.2, 0.25) is 0 Å². The molecule has 0 atom stereocenters. The van der Waals surface area contributed by atoms with Crippen molar-refractivity contribution in [1.29, 1.82) is 0 Å². The van der Waals surface area contributed by atoms with E-state index >= 15 is 0 Å². The predicted molar refractivity (Wildman–Crippen MR) is 89.7 cm³/mol. The van der Waals surface area contributed by atoms with E-state index in [1.165, 1.54) is 36.6 Å². The van der Waals surface area contributed by atoms with Gasteiger partial charge in [0.05, 0.1) is 5.39 Å². The van der Waals surface area contributed by atoms with E-state index in [1.54, 1.807) is 17.7 Å². The van der Waals surface area contributed by atoms with Crippen LogP contribution in [0.5, 0.6) is 0 Å². The van der Waals surface area contributed by atoms with Crippen molar-refractivity contribution in [3.63, 3.8) is 0 Å². The van der Waals surface area contributed by atoms with Gasteiger partial charge in [-0.3, -0.25) is 0 Å². The number of thiophene rings is 1. The van der Waals surface area contributed by atoms with Crippen LogP contribution in [0.2, 0.25) is 0 Å². The van der Waals surface area contributed by atoms with Gasteiger partial charge in [0.15, 0.2) is 0 Å². The molecule has 1 aliphatic carbocycles. The highest BCUT2D eigenvalue weighted by atomic mass is 32.1. The van der Waals surface area contributed by atoms with E-state index < -0.39 is 0 Å². The van der Waals surface area contributed by atoms with Gasteiger partial charge in [-0.15, -0.1) is 11.3 Å². The molecule has 0 spiro atoms. The largest absolute Gasteiger partial charge is 0.367 e. The minimum absolute atomic E-state index is 0.536. The smallest absolute Gasteiger partial charge is 0.142 e.